The minimum absolute atomic E-state index is 3.76. The van der Waals surface area contributed by atoms with Gasteiger partial charge in [0, 0.05) is 0 Å². The highest BCUT2D eigenvalue weighted by Gasteiger charge is 2.90. The molecule has 0 saturated heterocycles. The van der Waals surface area contributed by atoms with Crippen LogP contribution >= 0.6 is 46.4 Å². The zero-order valence-electron chi connectivity index (χ0n) is 10.5. The average molecular weight is 480 g/mol. The summed E-state index contributed by atoms with van der Waals surface area (Å²) in [5.74, 6) is -24.7. The molecule has 0 fully saturated rings. The minimum atomic E-state index is -7.23. The molecule has 0 rings (SSSR count). The number of hydrogen-bond acceptors (Lipinski definition) is 1. The number of carboxylic acid groups (broad SMARTS) is 1. The fraction of sp³-hybridized carbons (Fsp3) is 0.875. The molecule has 0 bridgehead atoms. The number of hydrogen-bond donors (Lipinski definition) is 1. The van der Waals surface area contributed by atoms with E-state index in [2.05, 4.69) is 46.4 Å². The summed E-state index contributed by atoms with van der Waals surface area (Å²) in [4.78, 5) is 10.0. The monoisotopic (exact) mass is 478 g/mol. The van der Waals surface area contributed by atoms with Crippen molar-refractivity contribution in [2.75, 3.05) is 0 Å². The second-order valence-electron chi connectivity index (χ2n) is 4.25. The van der Waals surface area contributed by atoms with Crippen molar-refractivity contribution < 1.29 is 58.2 Å². The van der Waals surface area contributed by atoms with Crippen molar-refractivity contribution in [2.45, 2.75) is 38.5 Å². The minimum Gasteiger partial charge on any atom is -0.477 e. The van der Waals surface area contributed by atoms with Gasteiger partial charge >= 0.3 is 44.5 Å². The number of aliphatic carboxylic acids is 1. The van der Waals surface area contributed by atoms with E-state index in [1.165, 1.54) is 0 Å². The third-order valence-electron chi connectivity index (χ3n) is 2.60. The molecule has 0 aromatic carbocycles. The lowest BCUT2D eigenvalue weighted by atomic mass is 9.94. The van der Waals surface area contributed by atoms with Gasteiger partial charge in [0.25, 0.3) is 0 Å². The number of carbonyl (C=O) groups is 1. The molecule has 0 radical (unpaired) electrons. The van der Waals surface area contributed by atoms with Crippen LogP contribution in [0.1, 0.15) is 0 Å². The van der Waals surface area contributed by atoms with Crippen molar-refractivity contribution >= 4 is 52.4 Å². The van der Waals surface area contributed by atoms with E-state index in [4.69, 9.17) is 5.11 Å². The summed E-state index contributed by atoms with van der Waals surface area (Å²) in [6, 6.07) is 0. The molecule has 0 spiro atoms. The normalized spacial score (nSPS) is 21.9. The second kappa shape index (κ2) is 6.20. The summed E-state index contributed by atoms with van der Waals surface area (Å²) in [5.41, 5.74) is 0. The molecule has 0 aliphatic heterocycles. The van der Waals surface area contributed by atoms with E-state index in [0.29, 0.717) is 0 Å². The van der Waals surface area contributed by atoms with Gasteiger partial charge < -0.3 is 5.11 Å². The van der Waals surface area contributed by atoms with Gasteiger partial charge in [0.2, 0.25) is 0 Å². The Hall–Kier alpha value is -0.140. The van der Waals surface area contributed by atoms with Gasteiger partial charge in [-0.2, -0.15) is 35.1 Å². The molecule has 0 heterocycles. The van der Waals surface area contributed by atoms with Crippen LogP contribution in [0.4, 0.5) is 48.3 Å². The van der Waals surface area contributed by atoms with Gasteiger partial charge in [-0.05, 0) is 11.6 Å². The molecule has 2 nitrogen and oxygen atoms in total. The third kappa shape index (κ3) is 3.18. The van der Waals surface area contributed by atoms with E-state index in [-0.39, 0.29) is 0 Å². The first-order chi connectivity index (χ1) is 10.4. The maximum atomic E-state index is 13.7. The van der Waals surface area contributed by atoms with Crippen LogP contribution in [-0.2, 0) is 4.79 Å². The van der Waals surface area contributed by atoms with E-state index in [0.717, 1.165) is 0 Å². The molecule has 25 heavy (non-hydrogen) atoms. The fourth-order valence-corrected chi connectivity index (χ4v) is 1.92. The zero-order valence-corrected chi connectivity index (χ0v) is 13.5. The smallest absolute Gasteiger partial charge is 0.395 e. The average Bonchev–Trinajstić information content (AvgIpc) is 2.35. The summed E-state index contributed by atoms with van der Waals surface area (Å²) < 4.78 is 145. The van der Waals surface area contributed by atoms with Gasteiger partial charge in [-0.15, -0.1) is 0 Å². The quantitative estimate of drug-likeness (QED) is 0.385. The van der Waals surface area contributed by atoms with Gasteiger partial charge in [-0.1, -0.05) is 34.8 Å². The molecule has 0 aromatic heterocycles. The van der Waals surface area contributed by atoms with Gasteiger partial charge in [0.1, 0.15) is 0 Å². The number of halogens is 15. The van der Waals surface area contributed by atoms with Crippen LogP contribution in [0.15, 0.2) is 0 Å². The molecule has 3 atom stereocenters. The highest BCUT2D eigenvalue weighted by Crippen LogP contribution is 2.64. The lowest BCUT2D eigenvalue weighted by Gasteiger charge is -2.43. The molecule has 0 aromatic rings. The standard InChI is InChI=1S/C8HCl4F11O2/c9-3(15,2(13,14)1(24)25)6(18,19)4(10,16)7(20,21)5(11,17)8(12,22)23/h(H,24,25)/t3-,4-,5-/m0/s1. The van der Waals surface area contributed by atoms with Crippen molar-refractivity contribution in [1.82, 2.24) is 0 Å². The Kier molecular flexibility index (Phi) is 6.16. The first-order valence-corrected chi connectivity index (χ1v) is 6.52. The van der Waals surface area contributed by atoms with Crippen LogP contribution in [-0.4, -0.2) is 49.6 Å². The summed E-state index contributed by atoms with van der Waals surface area (Å²) in [7, 11) is 0. The summed E-state index contributed by atoms with van der Waals surface area (Å²) >= 11 is 15.4. The van der Waals surface area contributed by atoms with Crippen LogP contribution in [0.2, 0.25) is 0 Å². The molecule has 0 amide bonds. The number of carboxylic acids is 1. The van der Waals surface area contributed by atoms with E-state index in [9.17, 15) is 53.1 Å². The highest BCUT2D eigenvalue weighted by molar-refractivity contribution is 6.34. The Labute approximate surface area is 149 Å². The Morgan fingerprint density at radius 1 is 0.600 bits per heavy atom. The Balaban J connectivity index is 6.55. The molecule has 17 heteroatoms. The predicted molar refractivity (Wildman–Crippen MR) is 62.4 cm³/mol. The largest absolute Gasteiger partial charge is 0.477 e. The van der Waals surface area contributed by atoms with Crippen LogP contribution < -0.4 is 0 Å². The van der Waals surface area contributed by atoms with E-state index < -0.39 is 44.5 Å². The van der Waals surface area contributed by atoms with E-state index >= 15 is 0 Å². The topological polar surface area (TPSA) is 37.3 Å². The highest BCUT2D eigenvalue weighted by atomic mass is 35.5. The first kappa shape index (κ1) is 24.9. The van der Waals surface area contributed by atoms with Crippen LogP contribution in [0.25, 0.3) is 0 Å². The second-order valence-corrected chi connectivity index (χ2v) is 6.29. The molecular formula is C8HCl4F11O2. The Morgan fingerprint density at radius 3 is 1.12 bits per heavy atom. The summed E-state index contributed by atoms with van der Waals surface area (Å²) in [6.07, 6.45) is 0. The van der Waals surface area contributed by atoms with E-state index in [1.807, 2.05) is 0 Å². The first-order valence-electron chi connectivity index (χ1n) is 5.01. The van der Waals surface area contributed by atoms with Gasteiger partial charge in [0.05, 0.1) is 0 Å². The van der Waals surface area contributed by atoms with Crippen molar-refractivity contribution in [3.05, 3.63) is 0 Å². The van der Waals surface area contributed by atoms with Crippen LogP contribution in [0.5, 0.6) is 0 Å². The Morgan fingerprint density at radius 2 is 0.880 bits per heavy atom. The van der Waals surface area contributed by atoms with Crippen LogP contribution in [0.3, 0.4) is 0 Å². The predicted octanol–water partition coefficient (Wildman–Crippen LogP) is 5.52. The summed E-state index contributed by atoms with van der Waals surface area (Å²) in [6.45, 7) is 0. The number of alkyl halides is 15. The lowest BCUT2D eigenvalue weighted by molar-refractivity contribution is -0.305. The van der Waals surface area contributed by atoms with Gasteiger partial charge in [-0.25, -0.2) is 18.0 Å². The van der Waals surface area contributed by atoms with Crippen molar-refractivity contribution in [3.63, 3.8) is 0 Å². The Bertz CT molecular complexity index is 543. The lowest BCUT2D eigenvalue weighted by Crippen LogP contribution is -2.72. The molecule has 150 valence electrons. The molecule has 1 N–H and O–H groups in total. The van der Waals surface area contributed by atoms with Crippen LogP contribution in [0, 0.1) is 0 Å². The fourth-order valence-electron chi connectivity index (χ4n) is 1.10. The SMILES string of the molecule is O=C(O)C(F)(F)[C@@](F)(Cl)C(F)(F)[C@@](F)(Cl)C(F)(F)[C@@](F)(Cl)C(F)(F)Cl. The maximum Gasteiger partial charge on any atom is 0.395 e. The van der Waals surface area contributed by atoms with Crippen molar-refractivity contribution in [3.8, 4) is 0 Å². The van der Waals surface area contributed by atoms with Gasteiger partial charge in [0.15, 0.2) is 0 Å². The zero-order chi connectivity index (χ0) is 21.1. The molecule has 0 unspecified atom stereocenters. The molecule has 0 aliphatic carbocycles. The third-order valence-corrected chi connectivity index (χ3v) is 4.38. The summed E-state index contributed by atoms with van der Waals surface area (Å²) in [5, 5.41) is -17.9. The van der Waals surface area contributed by atoms with E-state index in [1.54, 1.807) is 0 Å². The molecule has 0 aliphatic rings. The number of rotatable bonds is 7. The van der Waals surface area contributed by atoms with Gasteiger partial charge in [-0.3, -0.25) is 0 Å². The molecule has 0 saturated carbocycles. The van der Waals surface area contributed by atoms with Crippen molar-refractivity contribution in [2.24, 2.45) is 0 Å². The maximum absolute atomic E-state index is 13.7. The molecular weight excluding hydrogens is 479 g/mol. The van der Waals surface area contributed by atoms with Crippen molar-refractivity contribution in [1.29, 1.82) is 0 Å².